The highest BCUT2D eigenvalue weighted by atomic mass is 32.2. The van der Waals surface area contributed by atoms with Crippen molar-refractivity contribution in [1.82, 2.24) is 15.0 Å². The third-order valence-electron chi connectivity index (χ3n) is 3.93. The molecule has 0 spiro atoms. The zero-order valence-electron chi connectivity index (χ0n) is 15.1. The van der Waals surface area contributed by atoms with Gasteiger partial charge in [0.1, 0.15) is 0 Å². The van der Waals surface area contributed by atoms with E-state index in [1.54, 1.807) is 6.92 Å². The number of carbonyl (C=O) groups excluding carboxylic acids is 1. The lowest BCUT2D eigenvalue weighted by molar-refractivity contribution is -0.385. The number of nitro benzene ring substituents is 1. The average molecular weight is 399 g/mol. The molecule has 0 bridgehead atoms. The Morgan fingerprint density at radius 2 is 2.18 bits per heavy atom. The number of phenols is 1. The number of para-hydroxylation sites is 2. The summed E-state index contributed by atoms with van der Waals surface area (Å²) >= 11 is 1.27. The lowest BCUT2D eigenvalue weighted by atomic mass is 10.1. The monoisotopic (exact) mass is 399 g/mol. The van der Waals surface area contributed by atoms with Crippen LogP contribution in [0.15, 0.2) is 46.7 Å². The molecule has 3 aromatic rings. The number of hydrazone groups is 1. The van der Waals surface area contributed by atoms with Crippen LogP contribution in [0.4, 0.5) is 5.69 Å². The maximum atomic E-state index is 12.0. The highest BCUT2D eigenvalue weighted by Crippen LogP contribution is 2.30. The highest BCUT2D eigenvalue weighted by Gasteiger charge is 2.17. The number of hydrogen-bond donors (Lipinski definition) is 2. The van der Waals surface area contributed by atoms with Gasteiger partial charge in [0.2, 0.25) is 5.75 Å². The molecule has 9 nitrogen and oxygen atoms in total. The highest BCUT2D eigenvalue weighted by molar-refractivity contribution is 7.99. The molecule has 10 heteroatoms. The molecule has 0 aliphatic heterocycles. The summed E-state index contributed by atoms with van der Waals surface area (Å²) in [5, 5.41) is 25.4. The summed E-state index contributed by atoms with van der Waals surface area (Å²) in [5.41, 5.74) is 4.49. The number of imidazole rings is 1. The summed E-state index contributed by atoms with van der Waals surface area (Å²) in [6, 6.07) is 10.5. The van der Waals surface area contributed by atoms with Gasteiger partial charge in [-0.2, -0.15) is 5.10 Å². The molecule has 0 saturated heterocycles. The number of aryl methyl sites for hydroxylation is 2. The minimum absolute atomic E-state index is 0.0917. The molecule has 1 heterocycles. The number of thioether (sulfide) groups is 1. The molecule has 0 aliphatic rings. The molecule has 28 heavy (non-hydrogen) atoms. The summed E-state index contributed by atoms with van der Waals surface area (Å²) in [6.07, 6.45) is 1.17. The predicted octanol–water partition coefficient (Wildman–Crippen LogP) is 2.74. The van der Waals surface area contributed by atoms with Crippen molar-refractivity contribution in [2.24, 2.45) is 12.1 Å². The summed E-state index contributed by atoms with van der Waals surface area (Å²) in [6.45, 7) is 1.66. The second kappa shape index (κ2) is 8.09. The third kappa shape index (κ3) is 4.12. The molecule has 0 atom stereocenters. The van der Waals surface area contributed by atoms with Crippen LogP contribution in [0.2, 0.25) is 0 Å². The summed E-state index contributed by atoms with van der Waals surface area (Å²) in [7, 11) is 1.88. The van der Waals surface area contributed by atoms with Crippen molar-refractivity contribution >= 4 is 40.6 Å². The Hall–Kier alpha value is -3.40. The van der Waals surface area contributed by atoms with E-state index in [-0.39, 0.29) is 17.2 Å². The standard InChI is InChI=1S/C18H17N5O4S/c1-11-7-12(17(25)15(8-11)23(26)27)9-19-21-16(24)10-28-18-20-13-5-3-4-6-14(13)22(18)2/h3-9,25H,10H2,1-2H3,(H,21,24)/b19-9-. The quantitative estimate of drug-likeness (QED) is 0.284. The SMILES string of the molecule is Cc1cc(/C=N\NC(=O)CSc2nc3ccccc3n2C)c(O)c([N+](=O)[O-])c1. The Labute approximate surface area is 164 Å². The molecule has 2 N–H and O–H groups in total. The largest absolute Gasteiger partial charge is 0.502 e. The average Bonchev–Trinajstić information content (AvgIpc) is 2.98. The van der Waals surface area contributed by atoms with Crippen LogP contribution in [0.3, 0.4) is 0 Å². The van der Waals surface area contributed by atoms with Crippen LogP contribution in [0, 0.1) is 17.0 Å². The van der Waals surface area contributed by atoms with Crippen LogP contribution < -0.4 is 5.43 Å². The van der Waals surface area contributed by atoms with Gasteiger partial charge in [-0.3, -0.25) is 14.9 Å². The van der Waals surface area contributed by atoms with Gasteiger partial charge in [-0.1, -0.05) is 23.9 Å². The van der Waals surface area contributed by atoms with E-state index >= 15 is 0 Å². The molecule has 0 radical (unpaired) electrons. The van der Waals surface area contributed by atoms with Gasteiger partial charge in [0, 0.05) is 18.7 Å². The van der Waals surface area contributed by atoms with Crippen LogP contribution >= 0.6 is 11.8 Å². The molecule has 144 valence electrons. The van der Waals surface area contributed by atoms with Gasteiger partial charge in [-0.15, -0.1) is 0 Å². The van der Waals surface area contributed by atoms with Crippen LogP contribution in [-0.2, 0) is 11.8 Å². The number of nitrogens with one attached hydrogen (secondary N) is 1. The van der Waals surface area contributed by atoms with Gasteiger partial charge in [0.25, 0.3) is 5.91 Å². The lowest BCUT2D eigenvalue weighted by Gasteiger charge is -2.03. The molecule has 0 fully saturated rings. The number of phenolic OH excluding ortho intramolecular Hbond substituents is 1. The first-order valence-corrected chi connectivity index (χ1v) is 9.19. The number of rotatable bonds is 6. The fourth-order valence-electron chi connectivity index (χ4n) is 2.61. The van der Waals surface area contributed by atoms with E-state index in [2.05, 4.69) is 15.5 Å². The van der Waals surface area contributed by atoms with Crippen molar-refractivity contribution in [2.45, 2.75) is 12.1 Å². The molecule has 2 aromatic carbocycles. The summed E-state index contributed by atoms with van der Waals surface area (Å²) < 4.78 is 1.90. The van der Waals surface area contributed by atoms with Crippen LogP contribution in [0.25, 0.3) is 11.0 Å². The first kappa shape index (κ1) is 19.4. The van der Waals surface area contributed by atoms with Gasteiger partial charge in [-0.25, -0.2) is 10.4 Å². The maximum absolute atomic E-state index is 12.0. The number of fused-ring (bicyclic) bond motifs is 1. The van der Waals surface area contributed by atoms with E-state index < -0.39 is 16.4 Å². The van der Waals surface area contributed by atoms with Crippen molar-refractivity contribution in [3.05, 3.63) is 57.6 Å². The Morgan fingerprint density at radius 3 is 2.89 bits per heavy atom. The van der Waals surface area contributed by atoms with Crippen molar-refractivity contribution in [1.29, 1.82) is 0 Å². The van der Waals surface area contributed by atoms with E-state index in [0.717, 1.165) is 11.0 Å². The minimum Gasteiger partial charge on any atom is -0.502 e. The van der Waals surface area contributed by atoms with Crippen LogP contribution in [-0.4, -0.2) is 37.5 Å². The van der Waals surface area contributed by atoms with Crippen LogP contribution in [0.1, 0.15) is 11.1 Å². The topological polar surface area (TPSA) is 123 Å². The molecular weight excluding hydrogens is 382 g/mol. The molecule has 1 aromatic heterocycles. The molecule has 0 aliphatic carbocycles. The summed E-state index contributed by atoms with van der Waals surface area (Å²) in [5.74, 6) is -0.772. The molecule has 0 saturated carbocycles. The van der Waals surface area contributed by atoms with Gasteiger partial charge >= 0.3 is 5.69 Å². The summed E-state index contributed by atoms with van der Waals surface area (Å²) in [4.78, 5) is 26.7. The van der Waals surface area contributed by atoms with E-state index in [9.17, 15) is 20.0 Å². The van der Waals surface area contributed by atoms with E-state index in [4.69, 9.17) is 0 Å². The first-order valence-electron chi connectivity index (χ1n) is 8.21. The van der Waals surface area contributed by atoms with Crippen molar-refractivity contribution in [3.63, 3.8) is 0 Å². The smallest absolute Gasteiger partial charge is 0.311 e. The van der Waals surface area contributed by atoms with Gasteiger partial charge in [-0.05, 0) is 30.7 Å². The Balaban J connectivity index is 1.63. The Bertz CT molecular complexity index is 1090. The predicted molar refractivity (Wildman–Crippen MR) is 107 cm³/mol. The number of aromatic nitrogens is 2. The minimum atomic E-state index is -0.675. The van der Waals surface area contributed by atoms with E-state index in [1.807, 2.05) is 35.9 Å². The lowest BCUT2D eigenvalue weighted by Crippen LogP contribution is -2.19. The van der Waals surface area contributed by atoms with E-state index in [0.29, 0.717) is 10.7 Å². The Morgan fingerprint density at radius 1 is 1.43 bits per heavy atom. The van der Waals surface area contributed by atoms with E-state index in [1.165, 1.54) is 30.1 Å². The second-order valence-corrected chi connectivity index (χ2v) is 6.95. The molecular formula is C18H17N5O4S. The number of aromatic hydroxyl groups is 1. The number of nitro groups is 1. The van der Waals surface area contributed by atoms with Gasteiger partial charge in [0.05, 0.1) is 27.9 Å². The van der Waals surface area contributed by atoms with Gasteiger partial charge < -0.3 is 9.67 Å². The molecule has 1 amide bonds. The zero-order valence-corrected chi connectivity index (χ0v) is 15.9. The fourth-order valence-corrected chi connectivity index (χ4v) is 3.39. The van der Waals surface area contributed by atoms with Gasteiger partial charge in [0.15, 0.2) is 5.16 Å². The number of nitrogens with zero attached hydrogens (tertiary/aromatic N) is 4. The number of carbonyl (C=O) groups is 1. The Kier molecular flexibility index (Phi) is 5.59. The number of benzene rings is 2. The molecule has 0 unspecified atom stereocenters. The normalized spacial score (nSPS) is 11.2. The molecule has 3 rings (SSSR count). The maximum Gasteiger partial charge on any atom is 0.311 e. The number of amides is 1. The van der Waals surface area contributed by atoms with Crippen molar-refractivity contribution in [3.8, 4) is 5.75 Å². The van der Waals surface area contributed by atoms with Crippen molar-refractivity contribution in [2.75, 3.05) is 5.75 Å². The van der Waals surface area contributed by atoms with Crippen molar-refractivity contribution < 1.29 is 14.8 Å². The fraction of sp³-hybridized carbons (Fsp3) is 0.167. The third-order valence-corrected chi connectivity index (χ3v) is 4.96. The second-order valence-electron chi connectivity index (χ2n) is 6.00. The number of hydrogen-bond acceptors (Lipinski definition) is 7. The first-order chi connectivity index (χ1) is 13.4. The zero-order chi connectivity index (χ0) is 20.3. The van der Waals surface area contributed by atoms with Crippen LogP contribution in [0.5, 0.6) is 5.75 Å².